The van der Waals surface area contributed by atoms with Crippen molar-refractivity contribution in [2.75, 3.05) is 39.4 Å². The van der Waals surface area contributed by atoms with E-state index in [1.165, 1.54) is 6.07 Å². The second-order valence-corrected chi connectivity index (χ2v) is 5.28. The second kappa shape index (κ2) is 8.17. The number of benzene rings is 1. The second-order valence-electron chi connectivity index (χ2n) is 5.28. The first-order valence-electron chi connectivity index (χ1n) is 7.23. The number of halogens is 2. The van der Waals surface area contributed by atoms with Crippen LogP contribution >= 0.6 is 0 Å². The van der Waals surface area contributed by atoms with Gasteiger partial charge in [-0.25, -0.2) is 8.78 Å². The number of morpholine rings is 1. The number of aliphatic hydroxyl groups excluding tert-OH is 1. The summed E-state index contributed by atoms with van der Waals surface area (Å²) in [6.45, 7) is 3.34. The van der Waals surface area contributed by atoms with E-state index >= 15 is 0 Å². The van der Waals surface area contributed by atoms with E-state index in [2.05, 4.69) is 10.2 Å². The maximum atomic E-state index is 13.4. The van der Waals surface area contributed by atoms with Crippen LogP contribution in [0.4, 0.5) is 8.78 Å². The van der Waals surface area contributed by atoms with Crippen molar-refractivity contribution in [3.05, 3.63) is 35.4 Å². The highest BCUT2D eigenvalue weighted by Gasteiger charge is 2.16. The summed E-state index contributed by atoms with van der Waals surface area (Å²) in [7, 11) is 0. The summed E-state index contributed by atoms with van der Waals surface area (Å²) in [6, 6.07) is 3.10. The molecular weight excluding hydrogens is 294 g/mol. The molecule has 0 bridgehead atoms. The summed E-state index contributed by atoms with van der Waals surface area (Å²) < 4.78 is 31.4. The van der Waals surface area contributed by atoms with Gasteiger partial charge in [-0.2, -0.15) is 0 Å². The number of ether oxygens (including phenoxy) is 1. The van der Waals surface area contributed by atoms with Gasteiger partial charge in [-0.1, -0.05) is 6.07 Å². The fraction of sp³-hybridized carbons (Fsp3) is 0.533. The molecule has 122 valence electrons. The molecular formula is C15H20F2N2O3. The van der Waals surface area contributed by atoms with E-state index in [-0.39, 0.29) is 18.5 Å². The van der Waals surface area contributed by atoms with E-state index in [1.807, 2.05) is 0 Å². The zero-order valence-corrected chi connectivity index (χ0v) is 12.2. The molecule has 2 N–H and O–H groups in total. The Labute approximate surface area is 127 Å². The zero-order chi connectivity index (χ0) is 15.9. The lowest BCUT2D eigenvalue weighted by Crippen LogP contribution is -2.44. The third kappa shape index (κ3) is 5.32. The summed E-state index contributed by atoms with van der Waals surface area (Å²) in [5.41, 5.74) is 0.126. The Hall–Kier alpha value is -1.57. The van der Waals surface area contributed by atoms with E-state index in [0.29, 0.717) is 19.8 Å². The number of nitrogens with zero attached hydrogens (tertiary/aromatic N) is 1. The molecule has 1 fully saturated rings. The summed E-state index contributed by atoms with van der Waals surface area (Å²) >= 11 is 0. The van der Waals surface area contributed by atoms with Crippen LogP contribution in [-0.2, 0) is 16.0 Å². The molecule has 1 aliphatic rings. The lowest BCUT2D eigenvalue weighted by molar-refractivity contribution is -0.121. The summed E-state index contributed by atoms with van der Waals surface area (Å²) in [6.07, 6.45) is -0.878. The molecule has 1 unspecified atom stereocenters. The molecule has 1 atom stereocenters. The van der Waals surface area contributed by atoms with Gasteiger partial charge in [0.05, 0.1) is 25.7 Å². The van der Waals surface area contributed by atoms with Gasteiger partial charge in [-0.3, -0.25) is 9.69 Å². The van der Waals surface area contributed by atoms with Crippen molar-refractivity contribution in [3.8, 4) is 0 Å². The minimum atomic E-state index is -0.746. The van der Waals surface area contributed by atoms with Crippen molar-refractivity contribution >= 4 is 5.91 Å². The number of aliphatic hydroxyl groups is 1. The number of hydrogen-bond acceptors (Lipinski definition) is 4. The average molecular weight is 314 g/mol. The topological polar surface area (TPSA) is 61.8 Å². The molecule has 1 amide bonds. The van der Waals surface area contributed by atoms with Crippen LogP contribution in [0.3, 0.4) is 0 Å². The number of hydrogen-bond donors (Lipinski definition) is 2. The maximum absolute atomic E-state index is 13.4. The Kier molecular flexibility index (Phi) is 6.23. The molecule has 1 saturated heterocycles. The Morgan fingerprint density at radius 1 is 1.36 bits per heavy atom. The van der Waals surface area contributed by atoms with Crippen LogP contribution < -0.4 is 5.32 Å². The van der Waals surface area contributed by atoms with E-state index in [0.717, 1.165) is 25.2 Å². The lowest BCUT2D eigenvalue weighted by atomic mass is 10.1. The molecule has 22 heavy (non-hydrogen) atoms. The van der Waals surface area contributed by atoms with Crippen LogP contribution in [0.15, 0.2) is 18.2 Å². The average Bonchev–Trinajstić information content (AvgIpc) is 2.49. The number of nitrogens with one attached hydrogen (secondary N) is 1. The van der Waals surface area contributed by atoms with Crippen molar-refractivity contribution in [2.45, 2.75) is 12.5 Å². The molecule has 7 heteroatoms. The molecule has 2 rings (SSSR count). The molecule has 1 aromatic carbocycles. The first-order chi connectivity index (χ1) is 10.5. The number of carbonyl (C=O) groups is 1. The molecule has 0 radical (unpaired) electrons. The predicted octanol–water partition coefficient (Wildman–Crippen LogP) is 0.317. The molecule has 1 heterocycles. The van der Waals surface area contributed by atoms with E-state index < -0.39 is 23.6 Å². The van der Waals surface area contributed by atoms with Gasteiger partial charge in [0.2, 0.25) is 5.91 Å². The Balaban J connectivity index is 1.72. The zero-order valence-electron chi connectivity index (χ0n) is 12.2. The minimum absolute atomic E-state index is 0.0962. The number of carbonyl (C=O) groups excluding carboxylic acids is 1. The Bertz CT molecular complexity index is 508. The molecule has 0 spiro atoms. The van der Waals surface area contributed by atoms with Gasteiger partial charge in [0.1, 0.15) is 11.6 Å². The highest BCUT2D eigenvalue weighted by Crippen LogP contribution is 2.10. The van der Waals surface area contributed by atoms with Crippen molar-refractivity contribution in [1.82, 2.24) is 10.2 Å². The summed E-state index contributed by atoms with van der Waals surface area (Å²) in [4.78, 5) is 13.8. The minimum Gasteiger partial charge on any atom is -0.390 e. The van der Waals surface area contributed by atoms with Gasteiger partial charge >= 0.3 is 0 Å². The molecule has 0 saturated carbocycles. The van der Waals surface area contributed by atoms with Crippen LogP contribution in [0.2, 0.25) is 0 Å². The monoisotopic (exact) mass is 314 g/mol. The highest BCUT2D eigenvalue weighted by atomic mass is 19.1. The SMILES string of the molecule is O=C(Cc1ccc(F)cc1F)NCC(O)CN1CCOCC1. The maximum Gasteiger partial charge on any atom is 0.224 e. The van der Waals surface area contributed by atoms with Gasteiger partial charge in [-0.05, 0) is 11.6 Å². The van der Waals surface area contributed by atoms with Crippen LogP contribution in [0, 0.1) is 11.6 Å². The summed E-state index contributed by atoms with van der Waals surface area (Å²) in [5, 5.41) is 12.4. The molecule has 5 nitrogen and oxygen atoms in total. The highest BCUT2D eigenvalue weighted by molar-refractivity contribution is 5.78. The van der Waals surface area contributed by atoms with Gasteiger partial charge < -0.3 is 15.2 Å². The first kappa shape index (κ1) is 16.8. The largest absolute Gasteiger partial charge is 0.390 e. The van der Waals surface area contributed by atoms with E-state index in [9.17, 15) is 18.7 Å². The fourth-order valence-corrected chi connectivity index (χ4v) is 2.28. The van der Waals surface area contributed by atoms with Gasteiger partial charge in [0, 0.05) is 32.2 Å². The number of rotatable bonds is 6. The van der Waals surface area contributed by atoms with Gasteiger partial charge in [-0.15, -0.1) is 0 Å². The van der Waals surface area contributed by atoms with Crippen molar-refractivity contribution in [2.24, 2.45) is 0 Å². The van der Waals surface area contributed by atoms with Crippen LogP contribution in [0.5, 0.6) is 0 Å². The lowest BCUT2D eigenvalue weighted by Gasteiger charge is -2.28. The van der Waals surface area contributed by atoms with Crippen molar-refractivity contribution in [1.29, 1.82) is 0 Å². The summed E-state index contributed by atoms with van der Waals surface area (Å²) in [5.74, 6) is -1.84. The number of amides is 1. The van der Waals surface area contributed by atoms with Crippen molar-refractivity contribution in [3.63, 3.8) is 0 Å². The Morgan fingerprint density at radius 2 is 2.09 bits per heavy atom. The Morgan fingerprint density at radius 3 is 2.77 bits per heavy atom. The van der Waals surface area contributed by atoms with Crippen molar-refractivity contribution < 1.29 is 23.4 Å². The number of β-amino-alcohol motifs (C(OH)–C–C–N with tert-alkyl or cyclic N) is 1. The predicted molar refractivity (Wildman–Crippen MR) is 76.3 cm³/mol. The standard InChI is InChI=1S/C15H20F2N2O3/c16-12-2-1-11(14(17)8-12)7-15(21)18-9-13(20)10-19-3-5-22-6-4-19/h1-2,8,13,20H,3-7,9-10H2,(H,18,21). The van der Waals surface area contributed by atoms with Crippen LogP contribution in [0.25, 0.3) is 0 Å². The molecule has 0 aromatic heterocycles. The quantitative estimate of drug-likeness (QED) is 0.794. The molecule has 0 aliphatic carbocycles. The van der Waals surface area contributed by atoms with Gasteiger partial charge in [0.25, 0.3) is 0 Å². The fourth-order valence-electron chi connectivity index (χ4n) is 2.28. The van der Waals surface area contributed by atoms with E-state index in [4.69, 9.17) is 4.74 Å². The third-order valence-corrected chi connectivity index (χ3v) is 3.47. The molecule has 1 aromatic rings. The molecule has 1 aliphatic heterocycles. The third-order valence-electron chi connectivity index (χ3n) is 3.47. The van der Waals surface area contributed by atoms with Gasteiger partial charge in [0.15, 0.2) is 0 Å². The normalized spacial score (nSPS) is 17.2. The smallest absolute Gasteiger partial charge is 0.224 e. The van der Waals surface area contributed by atoms with Crippen LogP contribution in [-0.4, -0.2) is 61.4 Å². The van der Waals surface area contributed by atoms with Crippen LogP contribution in [0.1, 0.15) is 5.56 Å². The first-order valence-corrected chi connectivity index (χ1v) is 7.23. The van der Waals surface area contributed by atoms with E-state index in [1.54, 1.807) is 0 Å².